The van der Waals surface area contributed by atoms with E-state index in [4.69, 9.17) is 23.2 Å². The lowest BCUT2D eigenvalue weighted by Crippen LogP contribution is -2.24. The monoisotopic (exact) mass is 395 g/mol. The molecule has 0 radical (unpaired) electrons. The van der Waals surface area contributed by atoms with Gasteiger partial charge in [-0.25, -0.2) is 0 Å². The molecule has 1 aliphatic carbocycles. The summed E-state index contributed by atoms with van der Waals surface area (Å²) in [6, 6.07) is 11.7. The zero-order valence-corrected chi connectivity index (χ0v) is 14.1. The van der Waals surface area contributed by atoms with Crippen molar-refractivity contribution in [3.05, 3.63) is 73.8 Å². The number of carbonyl (C=O) groups excluding carboxylic acids is 2. The Labute approximate surface area is 145 Å². The maximum absolute atomic E-state index is 12.6. The Balaban J connectivity index is 2.05. The summed E-state index contributed by atoms with van der Waals surface area (Å²) in [4.78, 5) is 24.8. The Morgan fingerprint density at radius 2 is 1.55 bits per heavy atom. The van der Waals surface area contributed by atoms with Crippen LogP contribution in [0.2, 0.25) is 5.02 Å². The van der Waals surface area contributed by atoms with Crippen molar-refractivity contribution in [2.45, 2.75) is 0 Å². The van der Waals surface area contributed by atoms with Gasteiger partial charge in [0.15, 0.2) is 0 Å². The number of Topliss-reactive ketones (excluding diaryl/α,β-unsaturated/α-hetero) is 2. The van der Waals surface area contributed by atoms with E-state index in [1.54, 1.807) is 42.5 Å². The van der Waals surface area contributed by atoms with Gasteiger partial charge in [-0.2, -0.15) is 0 Å². The van der Waals surface area contributed by atoms with E-state index >= 15 is 0 Å². The molecular weight excluding hydrogens is 389 g/mol. The molecule has 0 saturated heterocycles. The van der Waals surface area contributed by atoms with Gasteiger partial charge in [-0.3, -0.25) is 9.59 Å². The third-order valence-electron chi connectivity index (χ3n) is 3.25. The van der Waals surface area contributed by atoms with Gasteiger partial charge in [0, 0.05) is 20.6 Å². The highest BCUT2D eigenvalue weighted by atomic mass is 79.9. The fourth-order valence-electron chi connectivity index (χ4n) is 2.18. The largest absolute Gasteiger partial charge is 0.350 e. The fraction of sp³-hybridized carbons (Fsp3) is 0. The van der Waals surface area contributed by atoms with E-state index in [0.717, 1.165) is 0 Å². The van der Waals surface area contributed by atoms with Gasteiger partial charge in [-0.15, -0.1) is 0 Å². The van der Waals surface area contributed by atoms with Gasteiger partial charge in [0.2, 0.25) is 11.6 Å². The molecule has 0 atom stereocenters. The van der Waals surface area contributed by atoms with Crippen molar-refractivity contribution in [1.82, 2.24) is 0 Å². The van der Waals surface area contributed by atoms with E-state index < -0.39 is 0 Å². The molecule has 0 aliphatic heterocycles. The van der Waals surface area contributed by atoms with E-state index in [9.17, 15) is 9.59 Å². The maximum atomic E-state index is 12.6. The molecule has 0 unspecified atom stereocenters. The number of anilines is 1. The van der Waals surface area contributed by atoms with Gasteiger partial charge in [0.25, 0.3) is 0 Å². The Kier molecular flexibility index (Phi) is 4.08. The van der Waals surface area contributed by atoms with Gasteiger partial charge in [-0.05, 0) is 34.1 Å². The van der Waals surface area contributed by atoms with Crippen molar-refractivity contribution < 1.29 is 9.59 Å². The molecule has 0 amide bonds. The number of benzene rings is 2. The average molecular weight is 397 g/mol. The van der Waals surface area contributed by atoms with Gasteiger partial charge < -0.3 is 5.32 Å². The molecule has 22 heavy (non-hydrogen) atoms. The summed E-state index contributed by atoms with van der Waals surface area (Å²) >= 11 is 15.3. The number of rotatable bonds is 2. The topological polar surface area (TPSA) is 46.2 Å². The normalized spacial score (nSPS) is 14.1. The molecule has 0 aromatic heterocycles. The molecule has 0 heterocycles. The summed E-state index contributed by atoms with van der Waals surface area (Å²) < 4.78 is 0.663. The maximum Gasteiger partial charge on any atom is 0.211 e. The van der Waals surface area contributed by atoms with Crippen LogP contribution in [0.1, 0.15) is 20.7 Å². The number of fused-ring (bicyclic) bond motifs is 1. The zero-order chi connectivity index (χ0) is 15.9. The van der Waals surface area contributed by atoms with Crippen molar-refractivity contribution in [2.24, 2.45) is 0 Å². The predicted molar refractivity (Wildman–Crippen MR) is 90.8 cm³/mol. The van der Waals surface area contributed by atoms with Crippen LogP contribution < -0.4 is 5.32 Å². The molecule has 2 aromatic carbocycles. The van der Waals surface area contributed by atoms with Crippen molar-refractivity contribution in [1.29, 1.82) is 0 Å². The zero-order valence-electron chi connectivity index (χ0n) is 11.0. The van der Waals surface area contributed by atoms with Gasteiger partial charge in [-0.1, -0.05) is 47.5 Å². The standard InChI is InChI=1S/C16H8BrCl2NO2/c17-11-7-8(18)5-6-12(11)20-14-13(19)15(21)9-3-1-2-4-10(9)16(14)22/h1-7,20H. The second kappa shape index (κ2) is 5.88. The highest BCUT2D eigenvalue weighted by Crippen LogP contribution is 2.32. The number of hydrogen-bond donors (Lipinski definition) is 1. The summed E-state index contributed by atoms with van der Waals surface area (Å²) in [6.07, 6.45) is 0. The molecule has 0 spiro atoms. The molecule has 3 rings (SSSR count). The number of hydrogen-bond acceptors (Lipinski definition) is 3. The predicted octanol–water partition coefficient (Wildman–Crippen LogP) is 5.04. The number of carbonyl (C=O) groups is 2. The lowest BCUT2D eigenvalue weighted by molar-refractivity contribution is 0.0982. The van der Waals surface area contributed by atoms with Crippen molar-refractivity contribution in [3.63, 3.8) is 0 Å². The lowest BCUT2D eigenvalue weighted by Gasteiger charge is -2.19. The quantitative estimate of drug-likeness (QED) is 0.772. The first-order valence-corrected chi connectivity index (χ1v) is 7.84. The SMILES string of the molecule is O=C1C(Cl)=C(Nc2ccc(Cl)cc2Br)C(=O)c2ccccc21. The second-order valence-electron chi connectivity index (χ2n) is 4.64. The van der Waals surface area contributed by atoms with E-state index in [1.807, 2.05) is 0 Å². The van der Waals surface area contributed by atoms with Gasteiger partial charge >= 0.3 is 0 Å². The van der Waals surface area contributed by atoms with Crippen molar-refractivity contribution in [3.8, 4) is 0 Å². The van der Waals surface area contributed by atoms with Crippen LogP contribution in [0, 0.1) is 0 Å². The third kappa shape index (κ3) is 2.58. The first kappa shape index (κ1) is 15.3. The Hall–Kier alpha value is -1.62. The second-order valence-corrected chi connectivity index (χ2v) is 6.31. The van der Waals surface area contributed by atoms with E-state index in [1.165, 1.54) is 0 Å². The number of ketones is 2. The number of halogens is 3. The Morgan fingerprint density at radius 1 is 0.909 bits per heavy atom. The highest BCUT2D eigenvalue weighted by molar-refractivity contribution is 9.10. The molecule has 3 nitrogen and oxygen atoms in total. The van der Waals surface area contributed by atoms with Gasteiger partial charge in [0.05, 0.1) is 5.69 Å². The minimum atomic E-state index is -0.371. The van der Waals surface area contributed by atoms with Crippen LogP contribution >= 0.6 is 39.1 Å². The molecule has 0 bridgehead atoms. The summed E-state index contributed by atoms with van der Waals surface area (Å²) in [5, 5.41) is 3.35. The lowest BCUT2D eigenvalue weighted by atomic mass is 9.92. The van der Waals surface area contributed by atoms with Crippen LogP contribution in [0.3, 0.4) is 0 Å². The summed E-state index contributed by atoms with van der Waals surface area (Å²) in [7, 11) is 0. The van der Waals surface area contributed by atoms with Crippen LogP contribution in [0.25, 0.3) is 0 Å². The molecule has 1 N–H and O–H groups in total. The summed E-state index contributed by atoms with van der Waals surface area (Å²) in [6.45, 7) is 0. The molecule has 0 fully saturated rings. The van der Waals surface area contributed by atoms with Crippen molar-refractivity contribution >= 4 is 56.4 Å². The third-order valence-corrected chi connectivity index (χ3v) is 4.50. The van der Waals surface area contributed by atoms with Crippen LogP contribution in [0.5, 0.6) is 0 Å². The molecule has 1 aliphatic rings. The average Bonchev–Trinajstić information content (AvgIpc) is 2.51. The Bertz CT molecular complexity index is 846. The van der Waals surface area contributed by atoms with Crippen LogP contribution in [-0.4, -0.2) is 11.6 Å². The molecule has 6 heteroatoms. The van der Waals surface area contributed by atoms with Crippen LogP contribution in [0.15, 0.2) is 57.7 Å². The van der Waals surface area contributed by atoms with Gasteiger partial charge in [0.1, 0.15) is 10.7 Å². The highest BCUT2D eigenvalue weighted by Gasteiger charge is 2.31. The molecule has 0 saturated carbocycles. The Morgan fingerprint density at radius 3 is 2.18 bits per heavy atom. The molecule has 2 aromatic rings. The van der Waals surface area contributed by atoms with E-state index in [0.29, 0.717) is 26.3 Å². The first-order chi connectivity index (χ1) is 10.5. The fourth-order valence-corrected chi connectivity index (χ4v) is 3.20. The molecule has 110 valence electrons. The minimum absolute atomic E-state index is 0.0633. The number of nitrogens with one attached hydrogen (secondary N) is 1. The summed E-state index contributed by atoms with van der Waals surface area (Å²) in [5.74, 6) is -0.688. The van der Waals surface area contributed by atoms with E-state index in [-0.39, 0.29) is 22.3 Å². The number of allylic oxidation sites excluding steroid dienone is 2. The molecular formula is C16H8BrCl2NO2. The van der Waals surface area contributed by atoms with E-state index in [2.05, 4.69) is 21.2 Å². The van der Waals surface area contributed by atoms with Crippen LogP contribution in [-0.2, 0) is 0 Å². The first-order valence-electron chi connectivity index (χ1n) is 6.29. The smallest absolute Gasteiger partial charge is 0.211 e. The minimum Gasteiger partial charge on any atom is -0.350 e. The summed E-state index contributed by atoms with van der Waals surface area (Å²) in [5.41, 5.74) is 1.31. The van der Waals surface area contributed by atoms with Crippen LogP contribution in [0.4, 0.5) is 5.69 Å². The van der Waals surface area contributed by atoms with Crippen molar-refractivity contribution in [2.75, 3.05) is 5.32 Å².